The molecule has 1 aromatic heterocycles. The van der Waals surface area contributed by atoms with Gasteiger partial charge in [0.05, 0.1) is 11.4 Å². The number of nitrogens with one attached hydrogen (secondary N) is 2. The van der Waals surface area contributed by atoms with Gasteiger partial charge in [0.1, 0.15) is 0 Å². The van der Waals surface area contributed by atoms with Crippen molar-refractivity contribution in [3.8, 4) is 0 Å². The topological polar surface area (TPSA) is 71.1 Å². The fourth-order valence-electron chi connectivity index (χ4n) is 1.13. The number of rotatable bonds is 6. The van der Waals surface area contributed by atoms with Crippen LogP contribution in [0.1, 0.15) is 17.5 Å². The molecule has 1 heterocycles. The Labute approximate surface area is 100 Å². The number of thiazole rings is 1. The Morgan fingerprint density at radius 1 is 1.38 bits per heavy atom. The van der Waals surface area contributed by atoms with Gasteiger partial charge in [-0.25, -0.2) is 18.1 Å². The van der Waals surface area contributed by atoms with Crippen LogP contribution in [-0.2, 0) is 10.0 Å². The van der Waals surface area contributed by atoms with Crippen molar-refractivity contribution in [2.24, 2.45) is 0 Å². The number of aryl methyl sites for hydroxylation is 2. The van der Waals surface area contributed by atoms with Crippen molar-refractivity contribution in [1.29, 1.82) is 0 Å². The van der Waals surface area contributed by atoms with E-state index in [0.717, 1.165) is 15.7 Å². The summed E-state index contributed by atoms with van der Waals surface area (Å²) in [5.74, 6) is 0.0680. The lowest BCUT2D eigenvalue weighted by molar-refractivity contribution is 0.584. The molecule has 7 heteroatoms. The predicted molar refractivity (Wildman–Crippen MR) is 67.5 cm³/mol. The number of hydrogen-bond acceptors (Lipinski definition) is 5. The molecule has 0 spiro atoms. The first-order valence-corrected chi connectivity index (χ1v) is 7.56. The van der Waals surface area contributed by atoms with E-state index in [4.69, 9.17) is 0 Å². The number of hydrogen-bond donors (Lipinski definition) is 2. The van der Waals surface area contributed by atoms with Crippen LogP contribution in [0, 0.1) is 13.8 Å². The van der Waals surface area contributed by atoms with Crippen LogP contribution in [0.3, 0.4) is 0 Å². The average molecular weight is 263 g/mol. The summed E-state index contributed by atoms with van der Waals surface area (Å²) in [5, 5.41) is 3.79. The van der Waals surface area contributed by atoms with E-state index in [9.17, 15) is 8.42 Å². The van der Waals surface area contributed by atoms with Crippen molar-refractivity contribution in [2.45, 2.75) is 20.8 Å². The average Bonchev–Trinajstić information content (AvgIpc) is 2.45. The summed E-state index contributed by atoms with van der Waals surface area (Å²) in [7, 11) is -3.14. The van der Waals surface area contributed by atoms with Gasteiger partial charge >= 0.3 is 0 Å². The van der Waals surface area contributed by atoms with Crippen LogP contribution < -0.4 is 10.0 Å². The summed E-state index contributed by atoms with van der Waals surface area (Å²) in [6.45, 7) is 6.50. The first-order chi connectivity index (χ1) is 7.44. The molecule has 1 aromatic rings. The summed E-state index contributed by atoms with van der Waals surface area (Å²) in [6.07, 6.45) is 0. The molecular formula is C9H17N3O2S2. The monoisotopic (exact) mass is 263 g/mol. The number of sulfonamides is 1. The lowest BCUT2D eigenvalue weighted by Gasteiger charge is -2.04. The maximum atomic E-state index is 11.3. The van der Waals surface area contributed by atoms with E-state index in [2.05, 4.69) is 15.0 Å². The second-order valence-electron chi connectivity index (χ2n) is 3.40. The normalized spacial score (nSPS) is 11.7. The van der Waals surface area contributed by atoms with Crippen molar-refractivity contribution >= 4 is 26.5 Å². The first kappa shape index (κ1) is 13.4. The molecule has 0 aliphatic rings. The maximum Gasteiger partial charge on any atom is 0.213 e. The second-order valence-corrected chi connectivity index (χ2v) is 6.53. The molecule has 16 heavy (non-hydrogen) atoms. The van der Waals surface area contributed by atoms with Gasteiger partial charge in [-0.1, -0.05) is 6.92 Å². The van der Waals surface area contributed by atoms with Gasteiger partial charge in [-0.15, -0.1) is 11.3 Å². The quantitative estimate of drug-likeness (QED) is 0.806. The van der Waals surface area contributed by atoms with Crippen LogP contribution in [0.25, 0.3) is 0 Å². The van der Waals surface area contributed by atoms with Gasteiger partial charge in [-0.3, -0.25) is 0 Å². The molecule has 0 fully saturated rings. The van der Waals surface area contributed by atoms with Crippen LogP contribution in [0.4, 0.5) is 5.13 Å². The number of aromatic nitrogens is 1. The van der Waals surface area contributed by atoms with Gasteiger partial charge in [0.2, 0.25) is 10.0 Å². The maximum absolute atomic E-state index is 11.3. The van der Waals surface area contributed by atoms with Gasteiger partial charge in [-0.2, -0.15) is 0 Å². The van der Waals surface area contributed by atoms with Gasteiger partial charge in [0.15, 0.2) is 5.13 Å². The van der Waals surface area contributed by atoms with Crippen LogP contribution in [0.5, 0.6) is 0 Å². The van der Waals surface area contributed by atoms with Crippen LogP contribution in [0.2, 0.25) is 0 Å². The van der Waals surface area contributed by atoms with Crippen molar-refractivity contribution in [1.82, 2.24) is 9.71 Å². The molecule has 1 rings (SSSR count). The fraction of sp³-hybridized carbons (Fsp3) is 0.667. The van der Waals surface area contributed by atoms with Gasteiger partial charge in [0.25, 0.3) is 0 Å². The van der Waals surface area contributed by atoms with E-state index in [0.29, 0.717) is 13.1 Å². The third kappa shape index (κ3) is 4.07. The molecule has 0 saturated carbocycles. The zero-order chi connectivity index (χ0) is 12.2. The van der Waals surface area contributed by atoms with E-state index in [1.807, 2.05) is 13.8 Å². The highest BCUT2D eigenvalue weighted by Crippen LogP contribution is 2.20. The summed E-state index contributed by atoms with van der Waals surface area (Å²) in [4.78, 5) is 5.42. The second kappa shape index (κ2) is 5.60. The van der Waals surface area contributed by atoms with Crippen LogP contribution in [0.15, 0.2) is 0 Å². The standard InChI is InChI=1S/C9H17N3O2S2/c1-4-11-16(13,14)6-5-10-9-12-7(2)8(3)15-9/h11H,4-6H2,1-3H3,(H,10,12). The van der Waals surface area contributed by atoms with E-state index >= 15 is 0 Å². The number of nitrogens with zero attached hydrogens (tertiary/aromatic N) is 1. The molecule has 0 atom stereocenters. The molecule has 0 bridgehead atoms. The Balaban J connectivity index is 2.41. The third-order valence-corrected chi connectivity index (χ3v) is 4.54. The molecule has 5 nitrogen and oxygen atoms in total. The minimum absolute atomic E-state index is 0.0680. The smallest absolute Gasteiger partial charge is 0.213 e. The van der Waals surface area contributed by atoms with Crippen LogP contribution in [-0.4, -0.2) is 32.2 Å². The highest BCUT2D eigenvalue weighted by Gasteiger charge is 2.08. The lowest BCUT2D eigenvalue weighted by Crippen LogP contribution is -2.29. The molecule has 0 aromatic carbocycles. The molecule has 92 valence electrons. The Bertz CT molecular complexity index is 420. The first-order valence-electron chi connectivity index (χ1n) is 5.10. The fourth-order valence-corrected chi connectivity index (χ4v) is 2.93. The van der Waals surface area contributed by atoms with Crippen molar-refractivity contribution < 1.29 is 8.42 Å². The lowest BCUT2D eigenvalue weighted by atomic mass is 10.4. The predicted octanol–water partition coefficient (Wildman–Crippen LogP) is 1.11. The zero-order valence-corrected chi connectivity index (χ0v) is 11.3. The Kier molecular flexibility index (Phi) is 4.69. The molecule has 0 radical (unpaired) electrons. The Morgan fingerprint density at radius 2 is 2.06 bits per heavy atom. The zero-order valence-electron chi connectivity index (χ0n) is 9.70. The Morgan fingerprint density at radius 3 is 2.56 bits per heavy atom. The van der Waals surface area contributed by atoms with E-state index in [1.165, 1.54) is 0 Å². The van der Waals surface area contributed by atoms with E-state index < -0.39 is 10.0 Å². The van der Waals surface area contributed by atoms with Crippen molar-refractivity contribution in [3.63, 3.8) is 0 Å². The molecule has 0 amide bonds. The summed E-state index contributed by atoms with van der Waals surface area (Å²) in [6, 6.07) is 0. The highest BCUT2D eigenvalue weighted by atomic mass is 32.2. The molecule has 0 saturated heterocycles. The van der Waals surface area contributed by atoms with E-state index in [1.54, 1.807) is 18.3 Å². The summed E-state index contributed by atoms with van der Waals surface area (Å²) < 4.78 is 25.1. The molecule has 0 aliphatic carbocycles. The van der Waals surface area contributed by atoms with Crippen molar-refractivity contribution in [2.75, 3.05) is 24.2 Å². The largest absolute Gasteiger partial charge is 0.360 e. The van der Waals surface area contributed by atoms with Crippen molar-refractivity contribution in [3.05, 3.63) is 10.6 Å². The van der Waals surface area contributed by atoms with Crippen LogP contribution >= 0.6 is 11.3 Å². The molecule has 0 unspecified atom stereocenters. The molecular weight excluding hydrogens is 246 g/mol. The number of anilines is 1. The minimum atomic E-state index is -3.14. The summed E-state index contributed by atoms with van der Waals surface area (Å²) in [5.41, 5.74) is 0.988. The van der Waals surface area contributed by atoms with E-state index in [-0.39, 0.29) is 5.75 Å². The third-order valence-electron chi connectivity index (χ3n) is 2.04. The summed E-state index contributed by atoms with van der Waals surface area (Å²) >= 11 is 1.54. The minimum Gasteiger partial charge on any atom is -0.360 e. The van der Waals surface area contributed by atoms with Gasteiger partial charge in [0, 0.05) is 18.0 Å². The Hall–Kier alpha value is -0.660. The SMILES string of the molecule is CCNS(=O)(=O)CCNc1nc(C)c(C)s1. The van der Waals surface area contributed by atoms with Gasteiger partial charge in [-0.05, 0) is 13.8 Å². The molecule has 2 N–H and O–H groups in total. The highest BCUT2D eigenvalue weighted by molar-refractivity contribution is 7.89. The van der Waals surface area contributed by atoms with Gasteiger partial charge < -0.3 is 5.32 Å². The molecule has 0 aliphatic heterocycles.